The number of nitrogens with zero attached hydrogens (tertiary/aromatic N) is 2. The molecule has 0 aliphatic heterocycles. The summed E-state index contributed by atoms with van der Waals surface area (Å²) in [5.74, 6) is -1.25. The van der Waals surface area contributed by atoms with Gasteiger partial charge in [0.15, 0.2) is 0 Å². The van der Waals surface area contributed by atoms with Crippen LogP contribution in [0.2, 0.25) is 5.02 Å². The number of nitro benzene ring substituents is 1. The second-order valence-electron chi connectivity index (χ2n) is 4.07. The SMILES string of the molecule is O=C(NNC(=O)c1ccc([N+](=O)[O-])cc1Cl)c1cccnc1. The molecule has 2 amide bonds. The Hall–Kier alpha value is -3.00. The minimum Gasteiger partial charge on any atom is -0.267 e. The maximum Gasteiger partial charge on any atom is 0.271 e. The number of halogens is 1. The van der Waals surface area contributed by atoms with E-state index in [1.807, 2.05) is 0 Å². The predicted molar refractivity (Wildman–Crippen MR) is 77.3 cm³/mol. The standard InChI is InChI=1S/C13H9ClN4O4/c14-11-6-9(18(21)22)3-4-10(11)13(20)17-16-12(19)8-2-1-5-15-7-8/h1-7H,(H,16,19)(H,17,20). The van der Waals surface area contributed by atoms with Crippen LogP contribution in [0, 0.1) is 10.1 Å². The van der Waals surface area contributed by atoms with Crippen LogP contribution >= 0.6 is 11.6 Å². The second-order valence-corrected chi connectivity index (χ2v) is 4.48. The summed E-state index contributed by atoms with van der Waals surface area (Å²) in [5, 5.41) is 10.5. The molecule has 0 saturated carbocycles. The first kappa shape index (κ1) is 15.4. The van der Waals surface area contributed by atoms with Crippen LogP contribution in [0.25, 0.3) is 0 Å². The number of hydrogen-bond donors (Lipinski definition) is 2. The molecule has 0 saturated heterocycles. The average Bonchev–Trinajstić information content (AvgIpc) is 2.52. The molecule has 0 aliphatic carbocycles. The van der Waals surface area contributed by atoms with Crippen LogP contribution in [-0.2, 0) is 0 Å². The number of carbonyl (C=O) groups excluding carboxylic acids is 2. The number of rotatable bonds is 3. The van der Waals surface area contributed by atoms with E-state index in [9.17, 15) is 19.7 Å². The molecule has 0 fully saturated rings. The van der Waals surface area contributed by atoms with Gasteiger partial charge < -0.3 is 0 Å². The zero-order chi connectivity index (χ0) is 16.1. The number of carbonyl (C=O) groups is 2. The maximum atomic E-state index is 11.9. The van der Waals surface area contributed by atoms with E-state index in [4.69, 9.17) is 11.6 Å². The van der Waals surface area contributed by atoms with Crippen LogP contribution in [0.5, 0.6) is 0 Å². The van der Waals surface area contributed by atoms with Gasteiger partial charge in [0, 0.05) is 24.5 Å². The second kappa shape index (κ2) is 6.64. The van der Waals surface area contributed by atoms with Crippen LogP contribution in [-0.4, -0.2) is 21.7 Å². The summed E-state index contributed by atoms with van der Waals surface area (Å²) < 4.78 is 0. The molecule has 22 heavy (non-hydrogen) atoms. The van der Waals surface area contributed by atoms with Crippen molar-refractivity contribution in [2.75, 3.05) is 0 Å². The third-order valence-corrected chi connectivity index (χ3v) is 2.93. The van der Waals surface area contributed by atoms with Gasteiger partial charge >= 0.3 is 0 Å². The van der Waals surface area contributed by atoms with Crippen LogP contribution in [0.3, 0.4) is 0 Å². The predicted octanol–water partition coefficient (Wildman–Crippen LogP) is 1.72. The molecule has 1 aromatic carbocycles. The molecular weight excluding hydrogens is 312 g/mol. The highest BCUT2D eigenvalue weighted by Crippen LogP contribution is 2.22. The Morgan fingerprint density at radius 3 is 2.50 bits per heavy atom. The van der Waals surface area contributed by atoms with Gasteiger partial charge in [-0.2, -0.15) is 0 Å². The van der Waals surface area contributed by atoms with Crippen LogP contribution in [0.15, 0.2) is 42.7 Å². The van der Waals surface area contributed by atoms with Gasteiger partial charge in [-0.05, 0) is 18.2 Å². The van der Waals surface area contributed by atoms with Gasteiger partial charge in [-0.15, -0.1) is 0 Å². The summed E-state index contributed by atoms with van der Waals surface area (Å²) in [6, 6.07) is 6.49. The van der Waals surface area contributed by atoms with E-state index >= 15 is 0 Å². The fourth-order valence-electron chi connectivity index (χ4n) is 1.55. The van der Waals surface area contributed by atoms with Crippen molar-refractivity contribution in [2.24, 2.45) is 0 Å². The number of aromatic nitrogens is 1. The zero-order valence-corrected chi connectivity index (χ0v) is 11.7. The summed E-state index contributed by atoms with van der Waals surface area (Å²) in [5.41, 5.74) is 4.38. The number of nitro groups is 1. The van der Waals surface area contributed by atoms with Crippen molar-refractivity contribution in [1.82, 2.24) is 15.8 Å². The molecular formula is C13H9ClN4O4. The highest BCUT2D eigenvalue weighted by atomic mass is 35.5. The van der Waals surface area contributed by atoms with Crippen molar-refractivity contribution in [3.05, 3.63) is 69.0 Å². The number of non-ortho nitro benzene ring substituents is 1. The largest absolute Gasteiger partial charge is 0.271 e. The van der Waals surface area contributed by atoms with Crippen LogP contribution in [0.1, 0.15) is 20.7 Å². The third kappa shape index (κ3) is 3.55. The first-order chi connectivity index (χ1) is 10.5. The van der Waals surface area contributed by atoms with E-state index in [2.05, 4.69) is 15.8 Å². The van der Waals surface area contributed by atoms with Gasteiger partial charge in [-0.3, -0.25) is 35.5 Å². The van der Waals surface area contributed by atoms with Gasteiger partial charge in [-0.25, -0.2) is 0 Å². The quantitative estimate of drug-likeness (QED) is 0.660. The molecule has 2 aromatic rings. The fraction of sp³-hybridized carbons (Fsp3) is 0. The van der Waals surface area contributed by atoms with Crippen LogP contribution in [0.4, 0.5) is 5.69 Å². The molecule has 8 nitrogen and oxygen atoms in total. The maximum absolute atomic E-state index is 11.9. The van der Waals surface area contributed by atoms with Crippen molar-refractivity contribution >= 4 is 29.1 Å². The number of hydrogen-bond acceptors (Lipinski definition) is 5. The number of amides is 2. The Kier molecular flexibility index (Phi) is 4.64. The average molecular weight is 321 g/mol. The molecule has 2 rings (SSSR count). The van der Waals surface area contributed by atoms with Crippen molar-refractivity contribution in [3.63, 3.8) is 0 Å². The molecule has 0 atom stereocenters. The minimum absolute atomic E-state index is 0.00115. The number of benzene rings is 1. The van der Waals surface area contributed by atoms with E-state index in [-0.39, 0.29) is 21.8 Å². The Labute approximate surface area is 129 Å². The zero-order valence-electron chi connectivity index (χ0n) is 10.9. The topological polar surface area (TPSA) is 114 Å². The van der Waals surface area contributed by atoms with Gasteiger partial charge in [0.2, 0.25) is 0 Å². The monoisotopic (exact) mass is 320 g/mol. The Balaban J connectivity index is 2.04. The molecule has 112 valence electrons. The number of nitrogens with one attached hydrogen (secondary N) is 2. The molecule has 0 spiro atoms. The van der Waals surface area contributed by atoms with Gasteiger partial charge in [0.05, 0.1) is 21.1 Å². The van der Waals surface area contributed by atoms with Crippen molar-refractivity contribution in [3.8, 4) is 0 Å². The van der Waals surface area contributed by atoms with E-state index in [0.717, 1.165) is 12.1 Å². The van der Waals surface area contributed by atoms with Crippen molar-refractivity contribution in [1.29, 1.82) is 0 Å². The third-order valence-electron chi connectivity index (χ3n) is 2.62. The Morgan fingerprint density at radius 1 is 1.18 bits per heavy atom. The lowest BCUT2D eigenvalue weighted by Gasteiger charge is -2.08. The lowest BCUT2D eigenvalue weighted by Crippen LogP contribution is -2.41. The molecule has 9 heteroatoms. The number of pyridine rings is 1. The molecule has 1 heterocycles. The smallest absolute Gasteiger partial charge is 0.267 e. The Bertz CT molecular complexity index is 736. The molecule has 0 unspecified atom stereocenters. The summed E-state index contributed by atoms with van der Waals surface area (Å²) in [6.07, 6.45) is 2.84. The van der Waals surface area contributed by atoms with Crippen molar-refractivity contribution in [2.45, 2.75) is 0 Å². The minimum atomic E-state index is -0.697. The van der Waals surface area contributed by atoms with E-state index in [0.29, 0.717) is 0 Å². The molecule has 0 aliphatic rings. The van der Waals surface area contributed by atoms with E-state index < -0.39 is 16.7 Å². The van der Waals surface area contributed by atoms with Gasteiger partial charge in [0.25, 0.3) is 17.5 Å². The molecule has 2 N–H and O–H groups in total. The highest BCUT2D eigenvalue weighted by Gasteiger charge is 2.15. The summed E-state index contributed by atoms with van der Waals surface area (Å²) >= 11 is 5.81. The first-order valence-electron chi connectivity index (χ1n) is 5.93. The van der Waals surface area contributed by atoms with Gasteiger partial charge in [0.1, 0.15) is 0 Å². The molecule has 0 radical (unpaired) electrons. The normalized spacial score (nSPS) is 9.86. The number of hydrazine groups is 1. The highest BCUT2D eigenvalue weighted by molar-refractivity contribution is 6.34. The van der Waals surface area contributed by atoms with E-state index in [1.165, 1.54) is 24.5 Å². The van der Waals surface area contributed by atoms with Crippen molar-refractivity contribution < 1.29 is 14.5 Å². The Morgan fingerprint density at radius 2 is 1.91 bits per heavy atom. The van der Waals surface area contributed by atoms with Gasteiger partial charge in [-0.1, -0.05) is 11.6 Å². The molecule has 1 aromatic heterocycles. The fourth-order valence-corrected chi connectivity index (χ4v) is 1.81. The molecule has 0 bridgehead atoms. The lowest BCUT2D eigenvalue weighted by molar-refractivity contribution is -0.384. The lowest BCUT2D eigenvalue weighted by atomic mass is 10.2. The summed E-state index contributed by atoms with van der Waals surface area (Å²) in [4.78, 5) is 37.3. The van der Waals surface area contributed by atoms with E-state index in [1.54, 1.807) is 6.07 Å². The first-order valence-corrected chi connectivity index (χ1v) is 6.31. The van der Waals surface area contributed by atoms with Crippen LogP contribution < -0.4 is 10.9 Å². The summed E-state index contributed by atoms with van der Waals surface area (Å²) in [6.45, 7) is 0. The summed E-state index contributed by atoms with van der Waals surface area (Å²) in [7, 11) is 0.